The smallest absolute Gasteiger partial charge is 0.272 e. The van der Waals surface area contributed by atoms with E-state index in [0.29, 0.717) is 17.7 Å². The van der Waals surface area contributed by atoms with Gasteiger partial charge in [0.25, 0.3) is 5.91 Å². The first kappa shape index (κ1) is 22.7. The van der Waals surface area contributed by atoms with Crippen LogP contribution in [0, 0.1) is 11.3 Å². The topological polar surface area (TPSA) is 81.9 Å². The summed E-state index contributed by atoms with van der Waals surface area (Å²) in [6.07, 6.45) is 5.86. The molecule has 0 unspecified atom stereocenters. The van der Waals surface area contributed by atoms with Crippen molar-refractivity contribution in [3.05, 3.63) is 52.8 Å². The summed E-state index contributed by atoms with van der Waals surface area (Å²) >= 11 is 0. The lowest BCUT2D eigenvalue weighted by Gasteiger charge is -2.36. The molecule has 0 bridgehead atoms. The van der Waals surface area contributed by atoms with Gasteiger partial charge in [0.2, 0.25) is 0 Å². The van der Waals surface area contributed by atoms with E-state index in [4.69, 9.17) is 0 Å². The fraction of sp³-hybridized carbons (Fsp3) is 0.520. The van der Waals surface area contributed by atoms with Crippen LogP contribution in [0.2, 0.25) is 0 Å². The van der Waals surface area contributed by atoms with Crippen molar-refractivity contribution in [2.45, 2.75) is 77.3 Å². The Morgan fingerprint density at radius 1 is 1.19 bits per heavy atom. The number of nitriles is 1. The second-order valence-electron chi connectivity index (χ2n) is 8.79. The highest BCUT2D eigenvalue weighted by Crippen LogP contribution is 2.28. The summed E-state index contributed by atoms with van der Waals surface area (Å²) in [6, 6.07) is 12.7. The Morgan fingerprint density at radius 2 is 1.94 bits per heavy atom. The van der Waals surface area contributed by atoms with E-state index in [1.54, 1.807) is 6.07 Å². The second kappa shape index (κ2) is 10.4. The van der Waals surface area contributed by atoms with Gasteiger partial charge in [0.15, 0.2) is 5.69 Å². The van der Waals surface area contributed by atoms with E-state index >= 15 is 0 Å². The van der Waals surface area contributed by atoms with Crippen molar-refractivity contribution in [1.29, 1.82) is 5.26 Å². The van der Waals surface area contributed by atoms with Crippen molar-refractivity contribution in [3.8, 4) is 6.07 Å². The number of nitrogens with zero attached hydrogens (tertiary/aromatic N) is 4. The monoisotopic (exact) mass is 419 g/mol. The Balaban J connectivity index is 1.56. The van der Waals surface area contributed by atoms with E-state index in [-0.39, 0.29) is 11.9 Å². The zero-order chi connectivity index (χ0) is 22.4. The van der Waals surface area contributed by atoms with E-state index in [1.807, 2.05) is 18.2 Å². The van der Waals surface area contributed by atoms with Crippen LogP contribution in [-0.2, 0) is 6.42 Å². The van der Waals surface area contributed by atoms with Crippen molar-refractivity contribution in [2.75, 3.05) is 11.9 Å². The molecule has 164 valence electrons. The summed E-state index contributed by atoms with van der Waals surface area (Å²) in [5, 5.41) is 20.7. The molecule has 1 amide bonds. The Morgan fingerprint density at radius 3 is 2.52 bits per heavy atom. The van der Waals surface area contributed by atoms with Crippen LogP contribution in [0.1, 0.15) is 86.1 Å². The van der Waals surface area contributed by atoms with Gasteiger partial charge in [0.1, 0.15) is 0 Å². The highest BCUT2D eigenvalue weighted by Gasteiger charge is 2.26. The molecule has 0 radical (unpaired) electrons. The van der Waals surface area contributed by atoms with Crippen LogP contribution in [0.25, 0.3) is 0 Å². The largest absolute Gasteiger partial charge is 0.372 e. The van der Waals surface area contributed by atoms with E-state index < -0.39 is 0 Å². The lowest BCUT2D eigenvalue weighted by atomic mass is 9.89. The standard InChI is InChI=1S/C25H33N5O/c1-5-6-18-15-22(10-7-19(18)16-26)30(4)21-11-8-20(9-12-21)27-25(31)24-14-13-23(17(2)3)28-29-24/h7,10,13-15,17,20-21H,5-6,8-9,11-12H2,1-4H3,(H,27,31). The van der Waals surface area contributed by atoms with Gasteiger partial charge in [0, 0.05) is 24.8 Å². The Hall–Kier alpha value is -2.94. The van der Waals surface area contributed by atoms with Gasteiger partial charge in [-0.1, -0.05) is 27.2 Å². The highest BCUT2D eigenvalue weighted by molar-refractivity contribution is 5.92. The molecule has 0 aliphatic heterocycles. The summed E-state index contributed by atoms with van der Waals surface area (Å²) < 4.78 is 0. The minimum Gasteiger partial charge on any atom is -0.372 e. The summed E-state index contributed by atoms with van der Waals surface area (Å²) in [5.41, 5.74) is 4.33. The van der Waals surface area contributed by atoms with Gasteiger partial charge in [-0.05, 0) is 73.9 Å². The molecule has 1 saturated carbocycles. The number of aryl methyl sites for hydroxylation is 1. The first-order chi connectivity index (χ1) is 14.9. The lowest BCUT2D eigenvalue weighted by molar-refractivity contribution is 0.0919. The molecule has 6 heteroatoms. The minimum atomic E-state index is -0.143. The molecule has 1 fully saturated rings. The molecule has 1 aromatic carbocycles. The number of hydrogen-bond acceptors (Lipinski definition) is 5. The third-order valence-corrected chi connectivity index (χ3v) is 6.22. The molecule has 0 spiro atoms. The number of benzene rings is 1. The Bertz CT molecular complexity index is 924. The van der Waals surface area contributed by atoms with Crippen LogP contribution < -0.4 is 10.2 Å². The second-order valence-corrected chi connectivity index (χ2v) is 8.79. The van der Waals surface area contributed by atoms with Crippen molar-refractivity contribution in [1.82, 2.24) is 15.5 Å². The molecule has 2 aromatic rings. The molecule has 1 N–H and O–H groups in total. The van der Waals surface area contributed by atoms with Crippen molar-refractivity contribution in [3.63, 3.8) is 0 Å². The number of aromatic nitrogens is 2. The van der Waals surface area contributed by atoms with Crippen LogP contribution >= 0.6 is 0 Å². The molecule has 31 heavy (non-hydrogen) atoms. The molecule has 1 aliphatic rings. The lowest BCUT2D eigenvalue weighted by Crippen LogP contribution is -2.43. The molecular formula is C25H33N5O. The zero-order valence-electron chi connectivity index (χ0n) is 19.1. The molecule has 6 nitrogen and oxygen atoms in total. The van der Waals surface area contributed by atoms with E-state index in [0.717, 1.165) is 61.0 Å². The average Bonchev–Trinajstić information content (AvgIpc) is 2.79. The van der Waals surface area contributed by atoms with Gasteiger partial charge in [0.05, 0.1) is 17.3 Å². The van der Waals surface area contributed by atoms with Crippen LogP contribution in [0.4, 0.5) is 5.69 Å². The number of carbonyl (C=O) groups excluding carboxylic acids is 1. The Kier molecular flexibility index (Phi) is 7.62. The maximum absolute atomic E-state index is 12.5. The van der Waals surface area contributed by atoms with E-state index in [1.165, 1.54) is 0 Å². The van der Waals surface area contributed by atoms with E-state index in [9.17, 15) is 10.1 Å². The van der Waals surface area contributed by atoms with Gasteiger partial charge in [-0.3, -0.25) is 4.79 Å². The fourth-order valence-corrected chi connectivity index (χ4v) is 4.23. The van der Waals surface area contributed by atoms with Crippen molar-refractivity contribution >= 4 is 11.6 Å². The molecule has 1 heterocycles. The van der Waals surface area contributed by atoms with Crippen molar-refractivity contribution in [2.24, 2.45) is 0 Å². The minimum absolute atomic E-state index is 0.143. The molecule has 1 aromatic heterocycles. The van der Waals surface area contributed by atoms with Crippen molar-refractivity contribution < 1.29 is 4.79 Å². The van der Waals surface area contributed by atoms with Crippen LogP contribution in [0.15, 0.2) is 30.3 Å². The van der Waals surface area contributed by atoms with Crippen LogP contribution in [0.5, 0.6) is 0 Å². The third-order valence-electron chi connectivity index (χ3n) is 6.22. The molecule has 0 saturated heterocycles. The maximum Gasteiger partial charge on any atom is 0.272 e. The SMILES string of the molecule is CCCc1cc(N(C)C2CCC(NC(=O)c3ccc(C(C)C)nn3)CC2)ccc1C#N. The van der Waals surface area contributed by atoms with Gasteiger partial charge >= 0.3 is 0 Å². The average molecular weight is 420 g/mol. The quantitative estimate of drug-likeness (QED) is 0.709. The number of rotatable bonds is 7. The van der Waals surface area contributed by atoms with E-state index in [2.05, 4.69) is 60.4 Å². The van der Waals surface area contributed by atoms with Gasteiger partial charge in [-0.25, -0.2) is 0 Å². The number of carbonyl (C=O) groups is 1. The zero-order valence-corrected chi connectivity index (χ0v) is 19.1. The summed E-state index contributed by atoms with van der Waals surface area (Å²) in [4.78, 5) is 14.9. The van der Waals surface area contributed by atoms with Crippen LogP contribution in [-0.4, -0.2) is 35.2 Å². The fourth-order valence-electron chi connectivity index (χ4n) is 4.23. The Labute approximate surface area is 185 Å². The number of anilines is 1. The summed E-state index contributed by atoms with van der Waals surface area (Å²) in [6.45, 7) is 6.25. The predicted molar refractivity (Wildman–Crippen MR) is 123 cm³/mol. The number of nitrogens with one attached hydrogen (secondary N) is 1. The summed E-state index contributed by atoms with van der Waals surface area (Å²) in [5.74, 6) is 0.155. The third kappa shape index (κ3) is 5.61. The molecular weight excluding hydrogens is 386 g/mol. The first-order valence-corrected chi connectivity index (χ1v) is 11.3. The number of amides is 1. The number of hydrogen-bond donors (Lipinski definition) is 1. The molecule has 0 atom stereocenters. The summed E-state index contributed by atoms with van der Waals surface area (Å²) in [7, 11) is 2.13. The van der Waals surface area contributed by atoms with Gasteiger partial charge in [-0.15, -0.1) is 5.10 Å². The van der Waals surface area contributed by atoms with Gasteiger partial charge in [-0.2, -0.15) is 10.4 Å². The van der Waals surface area contributed by atoms with Crippen LogP contribution in [0.3, 0.4) is 0 Å². The predicted octanol–water partition coefficient (Wildman–Crippen LogP) is 4.60. The molecule has 1 aliphatic carbocycles. The highest BCUT2D eigenvalue weighted by atomic mass is 16.2. The van der Waals surface area contributed by atoms with Gasteiger partial charge < -0.3 is 10.2 Å². The maximum atomic E-state index is 12.5. The molecule has 3 rings (SSSR count). The first-order valence-electron chi connectivity index (χ1n) is 11.3. The normalized spacial score (nSPS) is 18.5.